The molecule has 18 heavy (non-hydrogen) atoms. The molecule has 0 saturated heterocycles. The van der Waals surface area contributed by atoms with Crippen molar-refractivity contribution in [1.82, 2.24) is 5.32 Å². The summed E-state index contributed by atoms with van der Waals surface area (Å²) in [7, 11) is 0. The maximum atomic E-state index is 12.3. The van der Waals surface area contributed by atoms with Gasteiger partial charge in [-0.15, -0.1) is 5.92 Å². The van der Waals surface area contributed by atoms with E-state index in [1.54, 1.807) is 20.1 Å². The van der Waals surface area contributed by atoms with Crippen LogP contribution in [0.25, 0.3) is 0 Å². The van der Waals surface area contributed by atoms with Crippen molar-refractivity contribution >= 4 is 23.6 Å². The lowest BCUT2D eigenvalue weighted by molar-refractivity contribution is -0.118. The first kappa shape index (κ1) is 13.1. The summed E-state index contributed by atoms with van der Waals surface area (Å²) >= 11 is 6.11. The SMILES string of the molecule is CC#CC12CC1N=CC(N[C@H](C)CO)=C(Cl)C2=O. The van der Waals surface area contributed by atoms with E-state index in [9.17, 15) is 4.79 Å². The Bertz CT molecular complexity index is 501. The largest absolute Gasteiger partial charge is 0.394 e. The van der Waals surface area contributed by atoms with Crippen LogP contribution in [-0.4, -0.2) is 35.8 Å². The summed E-state index contributed by atoms with van der Waals surface area (Å²) in [6.45, 7) is 3.46. The van der Waals surface area contributed by atoms with Crippen LogP contribution in [0, 0.1) is 17.3 Å². The molecule has 1 saturated carbocycles. The zero-order chi connectivity index (χ0) is 13.3. The molecule has 1 aliphatic heterocycles. The Kier molecular flexibility index (Phi) is 3.47. The average Bonchev–Trinajstić information content (AvgIpc) is 3.07. The number of aliphatic hydroxyl groups excluding tert-OH is 1. The number of rotatable bonds is 3. The van der Waals surface area contributed by atoms with Crippen LogP contribution in [0.5, 0.6) is 0 Å². The first-order valence-corrected chi connectivity index (χ1v) is 6.22. The Morgan fingerprint density at radius 2 is 2.50 bits per heavy atom. The highest BCUT2D eigenvalue weighted by Crippen LogP contribution is 2.52. The maximum Gasteiger partial charge on any atom is 0.196 e. The number of carbonyl (C=O) groups excluding carboxylic acids is 1. The number of carbonyl (C=O) groups is 1. The third-order valence-electron chi connectivity index (χ3n) is 3.17. The second-order valence-corrected chi connectivity index (χ2v) is 5.01. The Morgan fingerprint density at radius 1 is 1.78 bits per heavy atom. The van der Waals surface area contributed by atoms with E-state index in [0.29, 0.717) is 12.1 Å². The van der Waals surface area contributed by atoms with Crippen molar-refractivity contribution in [3.8, 4) is 11.8 Å². The summed E-state index contributed by atoms with van der Waals surface area (Å²) in [5.74, 6) is 5.54. The number of allylic oxidation sites excluding steroid dienone is 2. The van der Waals surface area contributed by atoms with Gasteiger partial charge in [0.05, 0.1) is 18.3 Å². The van der Waals surface area contributed by atoms with Crippen molar-refractivity contribution in [2.24, 2.45) is 10.4 Å². The number of aliphatic imine (C=N–C) groups is 1. The van der Waals surface area contributed by atoms with Crippen LogP contribution >= 0.6 is 11.6 Å². The molecule has 0 amide bonds. The summed E-state index contributed by atoms with van der Waals surface area (Å²) in [6.07, 6.45) is 2.21. The van der Waals surface area contributed by atoms with Crippen molar-refractivity contribution in [1.29, 1.82) is 0 Å². The first-order chi connectivity index (χ1) is 8.55. The van der Waals surface area contributed by atoms with Crippen molar-refractivity contribution in [3.05, 3.63) is 10.7 Å². The van der Waals surface area contributed by atoms with E-state index in [0.717, 1.165) is 0 Å². The molecule has 5 heteroatoms. The minimum absolute atomic E-state index is 0.0426. The normalized spacial score (nSPS) is 31.1. The number of nitrogens with zero attached hydrogens (tertiary/aromatic N) is 1. The van der Waals surface area contributed by atoms with Crippen LogP contribution in [0.3, 0.4) is 0 Å². The Balaban J connectivity index is 2.30. The van der Waals surface area contributed by atoms with E-state index in [2.05, 4.69) is 22.2 Å². The fraction of sp³-hybridized carbons (Fsp3) is 0.538. The molecular weight excluding hydrogens is 252 g/mol. The molecule has 4 nitrogen and oxygen atoms in total. The van der Waals surface area contributed by atoms with Gasteiger partial charge < -0.3 is 10.4 Å². The van der Waals surface area contributed by atoms with Gasteiger partial charge in [-0.25, -0.2) is 0 Å². The monoisotopic (exact) mass is 266 g/mol. The van der Waals surface area contributed by atoms with E-state index in [1.807, 2.05) is 0 Å². The number of hydrogen-bond donors (Lipinski definition) is 2. The standard InChI is InChI=1S/C13H15ClN2O2/c1-3-4-13-5-10(13)15-6-9(11(14)12(13)18)16-8(2)7-17/h6,8,10,16-17H,5,7H2,1-2H3/t8-,10?,13?/m1/s1. The van der Waals surface area contributed by atoms with Crippen LogP contribution in [0.1, 0.15) is 20.3 Å². The van der Waals surface area contributed by atoms with E-state index >= 15 is 0 Å². The minimum atomic E-state index is -0.714. The lowest BCUT2D eigenvalue weighted by Gasteiger charge is -2.14. The van der Waals surface area contributed by atoms with Crippen LogP contribution in [0.15, 0.2) is 15.7 Å². The highest BCUT2D eigenvalue weighted by Gasteiger charge is 2.61. The molecule has 1 fully saturated rings. The Hall–Kier alpha value is -1.31. The van der Waals surface area contributed by atoms with E-state index < -0.39 is 5.41 Å². The summed E-state index contributed by atoms with van der Waals surface area (Å²) in [5.41, 5.74) is -0.249. The fourth-order valence-corrected chi connectivity index (χ4v) is 2.31. The zero-order valence-corrected chi connectivity index (χ0v) is 11.1. The molecule has 1 aliphatic carbocycles. The smallest absolute Gasteiger partial charge is 0.196 e. The van der Waals surface area contributed by atoms with Gasteiger partial charge in [0.1, 0.15) is 10.4 Å². The summed E-state index contributed by atoms with van der Waals surface area (Å²) < 4.78 is 0. The Morgan fingerprint density at radius 3 is 3.11 bits per heavy atom. The van der Waals surface area contributed by atoms with Gasteiger partial charge in [0.2, 0.25) is 0 Å². The molecule has 0 bridgehead atoms. The predicted molar refractivity (Wildman–Crippen MR) is 70.3 cm³/mol. The third kappa shape index (κ3) is 2.05. The third-order valence-corrected chi connectivity index (χ3v) is 3.55. The van der Waals surface area contributed by atoms with Gasteiger partial charge in [0.15, 0.2) is 5.78 Å². The van der Waals surface area contributed by atoms with Crippen molar-refractivity contribution in [2.45, 2.75) is 32.4 Å². The van der Waals surface area contributed by atoms with Gasteiger partial charge in [0.25, 0.3) is 0 Å². The molecule has 2 unspecified atom stereocenters. The van der Waals surface area contributed by atoms with Crippen molar-refractivity contribution < 1.29 is 9.90 Å². The maximum absolute atomic E-state index is 12.3. The van der Waals surface area contributed by atoms with Gasteiger partial charge >= 0.3 is 0 Å². The topological polar surface area (TPSA) is 61.7 Å². The number of halogens is 1. The molecule has 1 heterocycles. The number of hydrogen-bond acceptors (Lipinski definition) is 4. The number of aliphatic hydroxyl groups is 1. The van der Waals surface area contributed by atoms with Gasteiger partial charge in [0, 0.05) is 12.3 Å². The number of fused-ring (bicyclic) bond motifs is 1. The fourth-order valence-electron chi connectivity index (χ4n) is 2.04. The zero-order valence-electron chi connectivity index (χ0n) is 10.3. The molecule has 3 atom stereocenters. The number of ketones is 1. The molecule has 0 aromatic carbocycles. The predicted octanol–water partition coefficient (Wildman–Crippen LogP) is 0.843. The summed E-state index contributed by atoms with van der Waals surface area (Å²) in [6, 6.07) is -0.273. The van der Waals surface area contributed by atoms with Gasteiger partial charge in [-0.05, 0) is 20.3 Å². The number of nitrogens with one attached hydrogen (secondary N) is 1. The van der Waals surface area contributed by atoms with E-state index in [4.69, 9.17) is 16.7 Å². The quantitative estimate of drug-likeness (QED) is 0.745. The molecule has 0 spiro atoms. The molecular formula is C13H15ClN2O2. The average molecular weight is 267 g/mol. The first-order valence-electron chi connectivity index (χ1n) is 5.84. The van der Waals surface area contributed by atoms with E-state index in [1.165, 1.54) is 0 Å². The lowest BCUT2D eigenvalue weighted by atomic mass is 10.00. The van der Waals surface area contributed by atoms with Crippen molar-refractivity contribution in [2.75, 3.05) is 6.61 Å². The minimum Gasteiger partial charge on any atom is -0.394 e. The molecule has 0 aromatic rings. The molecule has 2 rings (SSSR count). The Labute approximate surface area is 111 Å². The van der Waals surface area contributed by atoms with Crippen LogP contribution in [0.4, 0.5) is 0 Å². The summed E-state index contributed by atoms with van der Waals surface area (Å²) in [4.78, 5) is 16.6. The molecule has 2 N–H and O–H groups in total. The van der Waals surface area contributed by atoms with Gasteiger partial charge in [-0.1, -0.05) is 17.5 Å². The van der Waals surface area contributed by atoms with Crippen LogP contribution < -0.4 is 5.32 Å². The second kappa shape index (κ2) is 4.75. The van der Waals surface area contributed by atoms with Crippen LogP contribution in [0.2, 0.25) is 0 Å². The van der Waals surface area contributed by atoms with Gasteiger partial charge in [-0.2, -0.15) is 0 Å². The highest BCUT2D eigenvalue weighted by molar-refractivity contribution is 6.45. The molecule has 2 aliphatic rings. The van der Waals surface area contributed by atoms with E-state index in [-0.39, 0.29) is 29.5 Å². The molecule has 0 aromatic heterocycles. The highest BCUT2D eigenvalue weighted by atomic mass is 35.5. The molecule has 0 radical (unpaired) electrons. The summed E-state index contributed by atoms with van der Waals surface area (Å²) in [5, 5.41) is 12.1. The van der Waals surface area contributed by atoms with Gasteiger partial charge in [-0.3, -0.25) is 9.79 Å². The number of Topliss-reactive ketones (excluding diaryl/α,β-unsaturated/α-hetero) is 1. The van der Waals surface area contributed by atoms with Crippen LogP contribution in [-0.2, 0) is 4.79 Å². The molecule has 96 valence electrons. The van der Waals surface area contributed by atoms with Crippen molar-refractivity contribution in [3.63, 3.8) is 0 Å². The lowest BCUT2D eigenvalue weighted by Crippen LogP contribution is -2.31. The second-order valence-electron chi connectivity index (χ2n) is 4.63.